The van der Waals surface area contributed by atoms with Crippen LogP contribution in [0, 0.1) is 0 Å². The molecule has 2 atom stereocenters. The van der Waals surface area contributed by atoms with Crippen LogP contribution in [-0.4, -0.2) is 48.1 Å². The zero-order valence-corrected chi connectivity index (χ0v) is 18.6. The van der Waals surface area contributed by atoms with E-state index in [9.17, 15) is 9.59 Å². The van der Waals surface area contributed by atoms with Gasteiger partial charge in [-0.25, -0.2) is 5.43 Å². The second kappa shape index (κ2) is 8.48. The zero-order valence-electron chi connectivity index (χ0n) is 17.8. The predicted octanol–water partition coefficient (Wildman–Crippen LogP) is 2.79. The van der Waals surface area contributed by atoms with Gasteiger partial charge in [0.2, 0.25) is 5.91 Å². The number of halogens is 1. The number of fused-ring (bicyclic) bond motifs is 1. The van der Waals surface area contributed by atoms with Crippen molar-refractivity contribution in [1.29, 1.82) is 0 Å². The van der Waals surface area contributed by atoms with Crippen molar-refractivity contribution in [3.63, 3.8) is 0 Å². The van der Waals surface area contributed by atoms with E-state index < -0.39 is 0 Å². The second-order valence-corrected chi connectivity index (χ2v) is 8.73. The first-order valence-electron chi connectivity index (χ1n) is 10.8. The highest BCUT2D eigenvalue weighted by Gasteiger charge is 2.43. The number of nitrogens with one attached hydrogen (secondary N) is 2. The van der Waals surface area contributed by atoms with Gasteiger partial charge in [0, 0.05) is 30.1 Å². The van der Waals surface area contributed by atoms with E-state index >= 15 is 0 Å². The maximum absolute atomic E-state index is 13.3. The highest BCUT2D eigenvalue weighted by atomic mass is 35.5. The van der Waals surface area contributed by atoms with Crippen molar-refractivity contribution >= 4 is 23.4 Å². The Hall–Kier alpha value is -3.03. The summed E-state index contributed by atoms with van der Waals surface area (Å²) < 4.78 is 5.17. The molecule has 0 bridgehead atoms. The van der Waals surface area contributed by atoms with E-state index in [1.165, 1.54) is 0 Å². The highest BCUT2D eigenvalue weighted by Crippen LogP contribution is 2.35. The van der Waals surface area contributed by atoms with Gasteiger partial charge in [-0.05, 0) is 29.3 Å². The van der Waals surface area contributed by atoms with Gasteiger partial charge in [0.15, 0.2) is 0 Å². The number of amides is 2. The van der Waals surface area contributed by atoms with Crippen LogP contribution in [0.3, 0.4) is 0 Å². The molecule has 2 aromatic rings. The Morgan fingerprint density at radius 2 is 1.97 bits per heavy atom. The molecule has 1 saturated heterocycles. The lowest BCUT2D eigenvalue weighted by Crippen LogP contribution is -2.57. The van der Waals surface area contributed by atoms with Gasteiger partial charge in [-0.2, -0.15) is 0 Å². The predicted molar refractivity (Wildman–Crippen MR) is 121 cm³/mol. The van der Waals surface area contributed by atoms with E-state index in [0.717, 1.165) is 29.0 Å². The van der Waals surface area contributed by atoms with Gasteiger partial charge >= 0.3 is 0 Å². The smallest absolute Gasteiger partial charge is 0.269 e. The molecule has 3 aliphatic heterocycles. The number of hydrazine groups is 1. The zero-order chi connectivity index (χ0) is 22.2. The SMILES string of the molecule is COc1ccc(CC(=O)N2CCC3=C(C2)C(=O)N2NC(c4ccccc4Cl)CC2N3)cc1. The number of ether oxygens (including phenoxy) is 1. The van der Waals surface area contributed by atoms with E-state index in [1.54, 1.807) is 17.0 Å². The molecule has 1 fully saturated rings. The number of rotatable bonds is 4. The molecule has 0 spiro atoms. The van der Waals surface area contributed by atoms with Crippen LogP contribution in [0.15, 0.2) is 59.8 Å². The van der Waals surface area contributed by atoms with Gasteiger partial charge in [0.25, 0.3) is 5.91 Å². The lowest BCUT2D eigenvalue weighted by atomic mass is 9.99. The number of methoxy groups -OCH3 is 1. The van der Waals surface area contributed by atoms with E-state index in [0.29, 0.717) is 36.5 Å². The molecule has 0 saturated carbocycles. The molecule has 2 unspecified atom stereocenters. The third-order valence-corrected chi connectivity index (χ3v) is 6.72. The van der Waals surface area contributed by atoms with Crippen molar-refractivity contribution in [3.05, 3.63) is 76.0 Å². The van der Waals surface area contributed by atoms with Crippen LogP contribution in [0.2, 0.25) is 5.02 Å². The molecule has 5 rings (SSSR count). The van der Waals surface area contributed by atoms with Gasteiger partial charge in [-0.3, -0.25) is 14.6 Å². The highest BCUT2D eigenvalue weighted by molar-refractivity contribution is 6.31. The van der Waals surface area contributed by atoms with Crippen molar-refractivity contribution in [2.24, 2.45) is 0 Å². The van der Waals surface area contributed by atoms with Gasteiger partial charge in [-0.1, -0.05) is 41.9 Å². The monoisotopic (exact) mass is 452 g/mol. The van der Waals surface area contributed by atoms with Gasteiger partial charge in [-0.15, -0.1) is 0 Å². The Morgan fingerprint density at radius 1 is 1.19 bits per heavy atom. The number of benzene rings is 2. The lowest BCUT2D eigenvalue weighted by Gasteiger charge is -2.39. The Balaban J connectivity index is 1.27. The summed E-state index contributed by atoms with van der Waals surface area (Å²) in [6.45, 7) is 0.917. The molecule has 0 aromatic heterocycles. The van der Waals surface area contributed by atoms with Crippen LogP contribution < -0.4 is 15.5 Å². The third kappa shape index (κ3) is 3.82. The lowest BCUT2D eigenvalue weighted by molar-refractivity contribution is -0.135. The Bertz CT molecular complexity index is 1080. The van der Waals surface area contributed by atoms with Crippen molar-refractivity contribution in [2.75, 3.05) is 20.2 Å². The summed E-state index contributed by atoms with van der Waals surface area (Å²) in [5, 5.41) is 5.86. The minimum atomic E-state index is -0.121. The van der Waals surface area contributed by atoms with Crippen LogP contribution >= 0.6 is 11.6 Å². The molecule has 166 valence electrons. The summed E-state index contributed by atoms with van der Waals surface area (Å²) in [5.74, 6) is 0.704. The second-order valence-electron chi connectivity index (χ2n) is 8.32. The first-order chi connectivity index (χ1) is 15.5. The van der Waals surface area contributed by atoms with Crippen LogP contribution in [0.1, 0.15) is 30.0 Å². The molecule has 7 nitrogen and oxygen atoms in total. The minimum absolute atomic E-state index is 0.0139. The van der Waals surface area contributed by atoms with Crippen LogP contribution in [-0.2, 0) is 16.0 Å². The number of hydrogen-bond acceptors (Lipinski definition) is 5. The van der Waals surface area contributed by atoms with E-state index in [4.69, 9.17) is 16.3 Å². The molecular weight excluding hydrogens is 428 g/mol. The molecule has 3 aliphatic rings. The largest absolute Gasteiger partial charge is 0.497 e. The molecule has 32 heavy (non-hydrogen) atoms. The Kier molecular flexibility index (Phi) is 5.53. The average molecular weight is 453 g/mol. The van der Waals surface area contributed by atoms with Gasteiger partial charge < -0.3 is 15.0 Å². The summed E-state index contributed by atoms with van der Waals surface area (Å²) in [5.41, 5.74) is 6.82. The molecule has 0 aliphatic carbocycles. The molecular formula is C24H25ClN4O3. The first kappa shape index (κ1) is 20.8. The maximum atomic E-state index is 13.3. The van der Waals surface area contributed by atoms with E-state index in [-0.39, 0.29) is 24.0 Å². The molecule has 2 N–H and O–H groups in total. The topological polar surface area (TPSA) is 73.9 Å². The molecule has 8 heteroatoms. The van der Waals surface area contributed by atoms with E-state index in [2.05, 4.69) is 10.7 Å². The summed E-state index contributed by atoms with van der Waals surface area (Å²) in [6.07, 6.45) is 1.56. The maximum Gasteiger partial charge on any atom is 0.269 e. The normalized spacial score (nSPS) is 22.4. The summed E-state index contributed by atoms with van der Waals surface area (Å²) in [7, 11) is 1.62. The Labute approximate surface area is 191 Å². The third-order valence-electron chi connectivity index (χ3n) is 6.38. The molecule has 2 aromatic carbocycles. The standard InChI is InChI=1S/C24H25ClN4O3/c1-32-16-8-6-15(7-9-16)12-23(30)28-11-10-20-18(14-28)24(31)29-22(26-20)13-21(27-29)17-4-2-3-5-19(17)25/h2-9,21-22,26-27H,10-14H2,1H3. The summed E-state index contributed by atoms with van der Waals surface area (Å²) >= 11 is 6.37. The summed E-state index contributed by atoms with van der Waals surface area (Å²) in [6, 6.07) is 15.1. The van der Waals surface area contributed by atoms with Crippen molar-refractivity contribution < 1.29 is 14.3 Å². The fourth-order valence-electron chi connectivity index (χ4n) is 4.63. The molecule has 2 amide bonds. The van der Waals surface area contributed by atoms with Crippen LogP contribution in [0.4, 0.5) is 0 Å². The Morgan fingerprint density at radius 3 is 2.72 bits per heavy atom. The fourth-order valence-corrected chi connectivity index (χ4v) is 4.89. The number of nitrogens with zero attached hydrogens (tertiary/aromatic N) is 2. The number of hydrogen-bond donors (Lipinski definition) is 2. The molecule has 3 heterocycles. The minimum Gasteiger partial charge on any atom is -0.497 e. The average Bonchev–Trinajstić information content (AvgIpc) is 3.24. The van der Waals surface area contributed by atoms with Crippen molar-refractivity contribution in [1.82, 2.24) is 20.7 Å². The van der Waals surface area contributed by atoms with Crippen molar-refractivity contribution in [2.45, 2.75) is 31.5 Å². The van der Waals surface area contributed by atoms with Gasteiger partial charge in [0.1, 0.15) is 11.9 Å². The van der Waals surface area contributed by atoms with E-state index in [1.807, 2.05) is 48.5 Å². The quantitative estimate of drug-likeness (QED) is 0.746. The van der Waals surface area contributed by atoms with Gasteiger partial charge in [0.05, 0.1) is 31.7 Å². The fraction of sp³-hybridized carbons (Fsp3) is 0.333. The number of carbonyl (C=O) groups excluding carboxylic acids is 2. The summed E-state index contributed by atoms with van der Waals surface area (Å²) in [4.78, 5) is 28.0. The van der Waals surface area contributed by atoms with Crippen LogP contribution in [0.25, 0.3) is 0 Å². The molecule has 0 radical (unpaired) electrons. The van der Waals surface area contributed by atoms with Crippen LogP contribution in [0.5, 0.6) is 5.75 Å². The number of carbonyl (C=O) groups is 2. The first-order valence-corrected chi connectivity index (χ1v) is 11.1. The van der Waals surface area contributed by atoms with Crippen molar-refractivity contribution in [3.8, 4) is 5.75 Å².